The Morgan fingerprint density at radius 1 is 1.17 bits per heavy atom. The molecule has 1 unspecified atom stereocenters. The van der Waals surface area contributed by atoms with Crippen molar-refractivity contribution in [2.75, 3.05) is 0 Å². The van der Waals surface area contributed by atoms with Crippen LogP contribution in [-0.4, -0.2) is 14.9 Å². The molecular formula is C15H20N2O. The van der Waals surface area contributed by atoms with Gasteiger partial charge in [0.1, 0.15) is 0 Å². The van der Waals surface area contributed by atoms with E-state index in [2.05, 4.69) is 37.1 Å². The molecule has 1 N–H and O–H groups in total. The van der Waals surface area contributed by atoms with E-state index in [1.165, 1.54) is 11.1 Å². The molecule has 0 saturated heterocycles. The first-order chi connectivity index (χ1) is 8.47. The first-order valence-corrected chi connectivity index (χ1v) is 6.22. The molecule has 2 aromatic rings. The maximum atomic E-state index is 10.3. The molecule has 1 aromatic heterocycles. The van der Waals surface area contributed by atoms with Gasteiger partial charge >= 0.3 is 0 Å². The van der Waals surface area contributed by atoms with Gasteiger partial charge in [-0.05, 0) is 43.5 Å². The molecule has 0 aliphatic rings. The molecule has 0 spiro atoms. The second-order valence-corrected chi connectivity index (χ2v) is 4.97. The maximum absolute atomic E-state index is 10.3. The van der Waals surface area contributed by atoms with Gasteiger partial charge in [0.2, 0.25) is 0 Å². The minimum absolute atomic E-state index is 0.502. The first-order valence-electron chi connectivity index (χ1n) is 6.22. The maximum Gasteiger partial charge on any atom is 0.0996 e. The molecule has 0 aliphatic heterocycles. The summed E-state index contributed by atoms with van der Waals surface area (Å²) >= 11 is 0. The molecule has 0 fully saturated rings. The van der Waals surface area contributed by atoms with Crippen molar-refractivity contribution in [3.05, 3.63) is 52.3 Å². The van der Waals surface area contributed by atoms with Gasteiger partial charge in [-0.3, -0.25) is 4.68 Å². The lowest BCUT2D eigenvalue weighted by atomic mass is 10.0. The zero-order chi connectivity index (χ0) is 13.3. The van der Waals surface area contributed by atoms with Crippen molar-refractivity contribution < 1.29 is 5.11 Å². The van der Waals surface area contributed by atoms with Crippen molar-refractivity contribution in [3.8, 4) is 0 Å². The van der Waals surface area contributed by atoms with Crippen LogP contribution in [0.4, 0.5) is 0 Å². The minimum atomic E-state index is -0.502. The second kappa shape index (κ2) is 4.94. The van der Waals surface area contributed by atoms with Crippen LogP contribution in [0.2, 0.25) is 0 Å². The summed E-state index contributed by atoms with van der Waals surface area (Å²) in [6, 6.07) is 8.26. The fourth-order valence-corrected chi connectivity index (χ4v) is 2.20. The average molecular weight is 244 g/mol. The summed E-state index contributed by atoms with van der Waals surface area (Å²) in [5, 5.41) is 14.5. The Hall–Kier alpha value is -1.61. The number of aliphatic hydroxyl groups excluding tert-OH is 1. The highest BCUT2D eigenvalue weighted by Crippen LogP contribution is 2.20. The Bertz CT molecular complexity index is 558. The van der Waals surface area contributed by atoms with Crippen LogP contribution in [0.25, 0.3) is 0 Å². The number of benzene rings is 1. The molecule has 0 amide bonds. The van der Waals surface area contributed by atoms with Crippen LogP contribution in [0.1, 0.15) is 34.2 Å². The summed E-state index contributed by atoms with van der Waals surface area (Å²) in [7, 11) is 1.87. The second-order valence-electron chi connectivity index (χ2n) is 4.97. The van der Waals surface area contributed by atoms with Crippen LogP contribution in [0.5, 0.6) is 0 Å². The van der Waals surface area contributed by atoms with E-state index in [0.717, 1.165) is 17.0 Å². The number of hydrogen-bond acceptors (Lipinski definition) is 2. The van der Waals surface area contributed by atoms with Crippen LogP contribution >= 0.6 is 0 Å². The van der Waals surface area contributed by atoms with Crippen LogP contribution in [0, 0.1) is 20.8 Å². The molecule has 0 aliphatic carbocycles. The predicted molar refractivity (Wildman–Crippen MR) is 72.5 cm³/mol. The van der Waals surface area contributed by atoms with E-state index in [-0.39, 0.29) is 0 Å². The van der Waals surface area contributed by atoms with Crippen molar-refractivity contribution in [2.24, 2.45) is 7.05 Å². The summed E-state index contributed by atoms with van der Waals surface area (Å²) in [4.78, 5) is 0. The molecule has 1 atom stereocenters. The van der Waals surface area contributed by atoms with E-state index in [1.54, 1.807) is 4.68 Å². The Morgan fingerprint density at radius 3 is 2.44 bits per heavy atom. The summed E-state index contributed by atoms with van der Waals surface area (Å²) in [6.45, 7) is 6.13. The summed E-state index contributed by atoms with van der Waals surface area (Å²) < 4.78 is 1.75. The SMILES string of the molecule is Cc1cc(C(O)Cc2ccc(C)c(C)c2)n(C)n1. The summed E-state index contributed by atoms with van der Waals surface area (Å²) in [6.07, 6.45) is 0.124. The molecule has 3 heteroatoms. The van der Waals surface area contributed by atoms with Gasteiger partial charge in [-0.2, -0.15) is 5.10 Å². The fraction of sp³-hybridized carbons (Fsp3) is 0.400. The van der Waals surface area contributed by atoms with Crippen LogP contribution in [0.3, 0.4) is 0 Å². The van der Waals surface area contributed by atoms with Gasteiger partial charge in [-0.1, -0.05) is 18.2 Å². The molecule has 1 aromatic carbocycles. The number of aryl methyl sites for hydroxylation is 4. The predicted octanol–water partition coefficient (Wildman–Crippen LogP) is 2.62. The normalized spacial score (nSPS) is 12.7. The zero-order valence-corrected chi connectivity index (χ0v) is 11.4. The van der Waals surface area contributed by atoms with Crippen LogP contribution < -0.4 is 0 Å². The van der Waals surface area contributed by atoms with Crippen molar-refractivity contribution in [2.45, 2.75) is 33.3 Å². The first kappa shape index (κ1) is 12.8. The highest BCUT2D eigenvalue weighted by molar-refractivity contribution is 5.30. The quantitative estimate of drug-likeness (QED) is 0.901. The lowest BCUT2D eigenvalue weighted by molar-refractivity contribution is 0.168. The number of rotatable bonds is 3. The summed E-state index contributed by atoms with van der Waals surface area (Å²) in [5.74, 6) is 0. The highest BCUT2D eigenvalue weighted by atomic mass is 16.3. The Balaban J connectivity index is 2.18. The van der Waals surface area contributed by atoms with Crippen LogP contribution in [0.15, 0.2) is 24.3 Å². The standard InChI is InChI=1S/C15H20N2O/c1-10-5-6-13(7-11(10)2)9-15(18)14-8-12(3)16-17(14)4/h5-8,15,18H,9H2,1-4H3. The number of aliphatic hydroxyl groups is 1. The zero-order valence-electron chi connectivity index (χ0n) is 11.4. The molecule has 0 radical (unpaired) electrons. The lowest BCUT2D eigenvalue weighted by Gasteiger charge is -2.12. The average Bonchev–Trinajstić information content (AvgIpc) is 2.63. The van der Waals surface area contributed by atoms with E-state index in [4.69, 9.17) is 0 Å². The Morgan fingerprint density at radius 2 is 1.89 bits per heavy atom. The van der Waals surface area contributed by atoms with Crippen molar-refractivity contribution in [1.82, 2.24) is 9.78 Å². The molecule has 3 nitrogen and oxygen atoms in total. The lowest BCUT2D eigenvalue weighted by Crippen LogP contribution is -2.08. The van der Waals surface area contributed by atoms with E-state index in [9.17, 15) is 5.11 Å². The smallest absolute Gasteiger partial charge is 0.0996 e. The summed E-state index contributed by atoms with van der Waals surface area (Å²) in [5.41, 5.74) is 5.51. The fourth-order valence-electron chi connectivity index (χ4n) is 2.20. The number of hydrogen-bond donors (Lipinski definition) is 1. The third-order valence-electron chi connectivity index (χ3n) is 3.38. The van der Waals surface area contributed by atoms with Gasteiger partial charge in [0.15, 0.2) is 0 Å². The van der Waals surface area contributed by atoms with E-state index < -0.39 is 6.10 Å². The largest absolute Gasteiger partial charge is 0.386 e. The van der Waals surface area contributed by atoms with E-state index in [1.807, 2.05) is 20.0 Å². The Kier molecular flexibility index (Phi) is 3.53. The molecule has 2 rings (SSSR count). The highest BCUT2D eigenvalue weighted by Gasteiger charge is 2.13. The van der Waals surface area contributed by atoms with Gasteiger partial charge in [0.05, 0.1) is 17.5 Å². The molecule has 96 valence electrons. The van der Waals surface area contributed by atoms with E-state index >= 15 is 0 Å². The molecule has 1 heterocycles. The number of nitrogens with zero attached hydrogens (tertiary/aromatic N) is 2. The molecule has 0 bridgehead atoms. The van der Waals surface area contributed by atoms with Gasteiger partial charge in [-0.15, -0.1) is 0 Å². The van der Waals surface area contributed by atoms with Gasteiger partial charge in [0.25, 0.3) is 0 Å². The third-order valence-corrected chi connectivity index (χ3v) is 3.38. The molecule has 18 heavy (non-hydrogen) atoms. The molecular weight excluding hydrogens is 224 g/mol. The van der Waals surface area contributed by atoms with Crippen LogP contribution in [-0.2, 0) is 13.5 Å². The Labute approximate surface area is 108 Å². The van der Waals surface area contributed by atoms with Gasteiger partial charge in [0, 0.05) is 13.5 Å². The van der Waals surface area contributed by atoms with Gasteiger partial charge in [-0.25, -0.2) is 0 Å². The van der Waals surface area contributed by atoms with E-state index in [0.29, 0.717) is 6.42 Å². The third kappa shape index (κ3) is 2.62. The number of aromatic nitrogens is 2. The van der Waals surface area contributed by atoms with Crippen molar-refractivity contribution in [1.29, 1.82) is 0 Å². The molecule has 0 saturated carbocycles. The topological polar surface area (TPSA) is 38.0 Å². The van der Waals surface area contributed by atoms with Crippen molar-refractivity contribution >= 4 is 0 Å². The monoisotopic (exact) mass is 244 g/mol. The minimum Gasteiger partial charge on any atom is -0.386 e. The van der Waals surface area contributed by atoms with Gasteiger partial charge < -0.3 is 5.11 Å². The van der Waals surface area contributed by atoms with Crippen molar-refractivity contribution in [3.63, 3.8) is 0 Å².